The third-order valence-electron chi connectivity index (χ3n) is 4.18. The van der Waals surface area contributed by atoms with Gasteiger partial charge in [-0.2, -0.15) is 0 Å². The molecule has 3 aromatic rings. The number of benzene rings is 2. The molecule has 2 heterocycles. The Hall–Kier alpha value is -3.02. The van der Waals surface area contributed by atoms with Gasteiger partial charge in [0, 0.05) is 27.3 Å². The van der Waals surface area contributed by atoms with Crippen LogP contribution in [0.15, 0.2) is 63.4 Å². The maximum atomic E-state index is 13.0. The average Bonchev–Trinajstić information content (AvgIpc) is 3.37. The molecule has 7 nitrogen and oxygen atoms in total. The first-order valence-corrected chi connectivity index (χ1v) is 11.6. The Labute approximate surface area is 198 Å². The van der Waals surface area contributed by atoms with Crippen molar-refractivity contribution < 1.29 is 18.7 Å². The Kier molecular flexibility index (Phi) is 6.68. The lowest BCUT2D eigenvalue weighted by atomic mass is 10.2. The Morgan fingerprint density at radius 1 is 1.28 bits per heavy atom. The van der Waals surface area contributed by atoms with Gasteiger partial charge in [0.2, 0.25) is 0 Å². The smallest absolute Gasteiger partial charge is 0.273 e. The molecule has 2 aromatic carbocycles. The van der Waals surface area contributed by atoms with Gasteiger partial charge in [0.1, 0.15) is 11.6 Å². The molecule has 1 saturated heterocycles. The molecule has 0 atom stereocenters. The Bertz CT molecular complexity index is 1220. The van der Waals surface area contributed by atoms with Gasteiger partial charge in [-0.1, -0.05) is 15.9 Å². The van der Waals surface area contributed by atoms with E-state index in [0.29, 0.717) is 27.0 Å². The predicted molar refractivity (Wildman–Crippen MR) is 128 cm³/mol. The van der Waals surface area contributed by atoms with Gasteiger partial charge in [-0.15, -0.1) is 11.3 Å². The van der Waals surface area contributed by atoms with Crippen LogP contribution in [0.25, 0.3) is 6.08 Å². The van der Waals surface area contributed by atoms with Gasteiger partial charge in [-0.3, -0.25) is 15.0 Å². The minimum absolute atomic E-state index is 0.0624. The number of nitrogens with zero attached hydrogens (tertiary/aromatic N) is 2. The number of thioether (sulfide) groups is 1. The van der Waals surface area contributed by atoms with Crippen molar-refractivity contribution in [2.75, 3.05) is 16.8 Å². The van der Waals surface area contributed by atoms with E-state index in [9.17, 15) is 14.0 Å². The van der Waals surface area contributed by atoms with Crippen LogP contribution in [0.3, 0.4) is 0 Å². The normalized spacial score (nSPS) is 14.8. The van der Waals surface area contributed by atoms with Crippen molar-refractivity contribution >= 4 is 72.9 Å². The lowest BCUT2D eigenvalue weighted by molar-refractivity contribution is -0.118. The van der Waals surface area contributed by atoms with Gasteiger partial charge >= 0.3 is 0 Å². The molecule has 4 rings (SSSR count). The molecule has 2 N–H and O–H groups in total. The zero-order chi connectivity index (χ0) is 22.7. The number of ether oxygens (including phenoxy) is 1. The Morgan fingerprint density at radius 3 is 2.78 bits per heavy atom. The number of amides is 2. The van der Waals surface area contributed by atoms with Crippen LogP contribution in [0.2, 0.25) is 0 Å². The lowest BCUT2D eigenvalue weighted by Crippen LogP contribution is -2.27. The highest BCUT2D eigenvalue weighted by atomic mass is 79.9. The number of halogens is 2. The maximum Gasteiger partial charge on any atom is 0.273 e. The Morgan fingerprint density at radius 2 is 2.06 bits per heavy atom. The van der Waals surface area contributed by atoms with Gasteiger partial charge in [0.15, 0.2) is 16.9 Å². The molecular weight excluding hydrogens is 519 g/mol. The summed E-state index contributed by atoms with van der Waals surface area (Å²) in [5.41, 5.74) is 1.02. The fourth-order valence-corrected chi connectivity index (χ4v) is 4.68. The number of hydrogen-bond donors (Lipinski definition) is 2. The van der Waals surface area contributed by atoms with Crippen molar-refractivity contribution in [2.45, 2.75) is 0 Å². The zero-order valence-corrected chi connectivity index (χ0v) is 19.4. The number of aromatic nitrogens is 1. The Balaban J connectivity index is 1.50. The summed E-state index contributed by atoms with van der Waals surface area (Å²) >= 11 is 5.69. The zero-order valence-electron chi connectivity index (χ0n) is 16.2. The van der Waals surface area contributed by atoms with Crippen molar-refractivity contribution in [1.82, 2.24) is 4.98 Å². The third kappa shape index (κ3) is 5.06. The SMILES string of the molecule is N=C1S/C(=C\c2cc(Br)ccc2OCC(=O)Nc2ccc(F)cc2)C(=O)N1c1nccs1. The molecule has 0 saturated carbocycles. The summed E-state index contributed by atoms with van der Waals surface area (Å²) in [7, 11) is 0. The summed E-state index contributed by atoms with van der Waals surface area (Å²) in [5.74, 6) is -0.772. The first-order chi connectivity index (χ1) is 15.4. The molecule has 0 spiro atoms. The van der Waals surface area contributed by atoms with Crippen LogP contribution in [0.5, 0.6) is 5.75 Å². The van der Waals surface area contributed by atoms with Crippen molar-refractivity contribution in [2.24, 2.45) is 0 Å². The lowest BCUT2D eigenvalue weighted by Gasteiger charge is -2.11. The summed E-state index contributed by atoms with van der Waals surface area (Å²) in [6, 6.07) is 10.6. The van der Waals surface area contributed by atoms with Crippen molar-refractivity contribution in [3.05, 3.63) is 74.8 Å². The molecule has 2 amide bonds. The standard InChI is InChI=1S/C21H14BrFN4O3S2/c22-13-1-6-16(30-11-18(28)26-15-4-2-14(23)3-5-15)12(9-13)10-17-19(29)27(20(24)32-17)21-25-7-8-31-21/h1-10,24H,11H2,(H,26,28)/b17-10-,24-20?. The quantitative estimate of drug-likeness (QED) is 0.429. The molecule has 1 aliphatic heterocycles. The number of rotatable bonds is 6. The highest BCUT2D eigenvalue weighted by Crippen LogP contribution is 2.37. The van der Waals surface area contributed by atoms with Crippen LogP contribution in [-0.2, 0) is 9.59 Å². The second-order valence-electron chi connectivity index (χ2n) is 6.40. The van der Waals surface area contributed by atoms with E-state index in [1.807, 2.05) is 0 Å². The van der Waals surface area contributed by atoms with Gasteiger partial charge in [-0.05, 0) is 60.3 Å². The summed E-state index contributed by atoms with van der Waals surface area (Å²) in [5, 5.41) is 13.0. The molecule has 0 aliphatic carbocycles. The fourth-order valence-electron chi connectivity index (χ4n) is 2.77. The second kappa shape index (κ2) is 9.63. The number of carbonyl (C=O) groups excluding carboxylic acids is 2. The molecule has 1 aromatic heterocycles. The molecule has 0 unspecified atom stereocenters. The number of nitrogens with one attached hydrogen (secondary N) is 2. The highest BCUT2D eigenvalue weighted by Gasteiger charge is 2.35. The van der Waals surface area contributed by atoms with Crippen LogP contribution in [0.1, 0.15) is 5.56 Å². The van der Waals surface area contributed by atoms with Crippen LogP contribution in [0, 0.1) is 11.2 Å². The van der Waals surface area contributed by atoms with E-state index >= 15 is 0 Å². The number of anilines is 2. The second-order valence-corrected chi connectivity index (χ2v) is 9.22. The largest absolute Gasteiger partial charge is 0.483 e. The summed E-state index contributed by atoms with van der Waals surface area (Å²) < 4.78 is 19.4. The molecule has 162 valence electrons. The van der Waals surface area contributed by atoms with E-state index < -0.39 is 11.7 Å². The van der Waals surface area contributed by atoms with Crippen molar-refractivity contribution in [3.63, 3.8) is 0 Å². The van der Waals surface area contributed by atoms with E-state index in [1.165, 1.54) is 40.5 Å². The van der Waals surface area contributed by atoms with Gasteiger partial charge < -0.3 is 10.1 Å². The summed E-state index contributed by atoms with van der Waals surface area (Å²) in [6.07, 6.45) is 3.19. The van der Waals surface area contributed by atoms with E-state index in [4.69, 9.17) is 10.1 Å². The molecule has 1 aliphatic rings. The molecule has 0 bridgehead atoms. The van der Waals surface area contributed by atoms with E-state index in [2.05, 4.69) is 26.2 Å². The van der Waals surface area contributed by atoms with Crippen LogP contribution >= 0.6 is 39.0 Å². The van der Waals surface area contributed by atoms with E-state index in [0.717, 1.165) is 16.2 Å². The fraction of sp³-hybridized carbons (Fsp3) is 0.0476. The van der Waals surface area contributed by atoms with Gasteiger partial charge in [0.25, 0.3) is 11.8 Å². The number of amidine groups is 1. The van der Waals surface area contributed by atoms with Gasteiger partial charge in [0.05, 0.1) is 4.91 Å². The molecular formula is C21H14BrFN4O3S2. The van der Waals surface area contributed by atoms with Crippen LogP contribution in [-0.4, -0.2) is 28.6 Å². The minimum Gasteiger partial charge on any atom is -0.483 e. The molecule has 32 heavy (non-hydrogen) atoms. The predicted octanol–water partition coefficient (Wildman–Crippen LogP) is 5.12. The average molecular weight is 533 g/mol. The third-order valence-corrected chi connectivity index (χ3v) is 6.32. The van der Waals surface area contributed by atoms with Crippen LogP contribution in [0.4, 0.5) is 15.2 Å². The maximum absolute atomic E-state index is 13.0. The first kappa shape index (κ1) is 22.2. The highest BCUT2D eigenvalue weighted by molar-refractivity contribution is 9.10. The molecule has 11 heteroatoms. The van der Waals surface area contributed by atoms with Crippen LogP contribution < -0.4 is 15.0 Å². The number of carbonyl (C=O) groups is 2. The van der Waals surface area contributed by atoms with Gasteiger partial charge in [-0.25, -0.2) is 14.3 Å². The van der Waals surface area contributed by atoms with Crippen molar-refractivity contribution in [3.8, 4) is 5.75 Å². The first-order valence-electron chi connectivity index (χ1n) is 9.10. The summed E-state index contributed by atoms with van der Waals surface area (Å²) in [4.78, 5) is 30.7. The number of hydrogen-bond acceptors (Lipinski definition) is 7. The van der Waals surface area contributed by atoms with E-state index in [-0.39, 0.29) is 17.7 Å². The van der Waals surface area contributed by atoms with E-state index in [1.54, 1.807) is 35.9 Å². The molecule has 1 fully saturated rings. The number of thiazole rings is 1. The van der Waals surface area contributed by atoms with Crippen molar-refractivity contribution in [1.29, 1.82) is 5.41 Å². The molecule has 0 radical (unpaired) electrons. The topological polar surface area (TPSA) is 95.4 Å². The monoisotopic (exact) mass is 532 g/mol. The summed E-state index contributed by atoms with van der Waals surface area (Å²) in [6.45, 7) is -0.280. The minimum atomic E-state index is -0.416.